The van der Waals surface area contributed by atoms with Crippen molar-refractivity contribution in [3.63, 3.8) is 0 Å². The van der Waals surface area contributed by atoms with Crippen LogP contribution in [0.4, 0.5) is 0 Å². The quantitative estimate of drug-likeness (QED) is 0.329. The molecule has 0 aliphatic heterocycles. The highest BCUT2D eigenvalue weighted by Gasteiger charge is 2.13. The van der Waals surface area contributed by atoms with Crippen LogP contribution in [0.5, 0.6) is 28.7 Å². The van der Waals surface area contributed by atoms with Gasteiger partial charge in [-0.05, 0) is 37.3 Å². The van der Waals surface area contributed by atoms with Crippen LogP contribution in [-0.2, 0) is 0 Å². The Kier molecular flexibility index (Phi) is 4.78. The van der Waals surface area contributed by atoms with E-state index in [1.54, 1.807) is 19.1 Å². The molecule has 0 saturated heterocycles. The van der Waals surface area contributed by atoms with Gasteiger partial charge < -0.3 is 25.2 Å². The second-order valence-electron chi connectivity index (χ2n) is 4.89. The van der Waals surface area contributed by atoms with Crippen molar-refractivity contribution in [3.8, 4) is 28.7 Å². The Balaban J connectivity index is 2.19. The molecule has 0 radical (unpaired) electrons. The summed E-state index contributed by atoms with van der Waals surface area (Å²) in [6.45, 7) is 1.64. The molecule has 24 heavy (non-hydrogen) atoms. The summed E-state index contributed by atoms with van der Waals surface area (Å²) in [5.74, 6) is -2.39. The number of carbonyl (C=O) groups excluding carboxylic acids is 1. The summed E-state index contributed by atoms with van der Waals surface area (Å²) in [4.78, 5) is 12.0. The first kappa shape index (κ1) is 16.9. The number of benzene rings is 2. The topological polar surface area (TPSA) is 132 Å². The minimum atomic E-state index is -0.706. The van der Waals surface area contributed by atoms with Crippen LogP contribution in [0.25, 0.3) is 0 Å². The summed E-state index contributed by atoms with van der Waals surface area (Å²) in [6, 6.07) is 6.59. The molecule has 0 aliphatic carbocycles. The highest BCUT2D eigenvalue weighted by molar-refractivity contribution is 6.01. The van der Waals surface area contributed by atoms with E-state index in [0.717, 1.165) is 12.1 Å². The van der Waals surface area contributed by atoms with Gasteiger partial charge in [0.2, 0.25) is 0 Å². The third-order valence-electron chi connectivity index (χ3n) is 3.25. The Morgan fingerprint density at radius 1 is 1.00 bits per heavy atom. The van der Waals surface area contributed by atoms with Crippen LogP contribution < -0.4 is 10.2 Å². The highest BCUT2D eigenvalue weighted by atomic mass is 16.5. The lowest BCUT2D eigenvalue weighted by Crippen LogP contribution is -2.19. The summed E-state index contributed by atoms with van der Waals surface area (Å²) in [5, 5.41) is 41.5. The summed E-state index contributed by atoms with van der Waals surface area (Å²) < 4.78 is 5.00. The van der Waals surface area contributed by atoms with Crippen molar-refractivity contribution in [3.05, 3.63) is 41.5 Å². The predicted octanol–water partition coefficient (Wildman–Crippen LogP) is 1.67. The zero-order chi connectivity index (χ0) is 17.9. The maximum Gasteiger partial charge on any atom is 0.271 e. The van der Waals surface area contributed by atoms with Crippen molar-refractivity contribution >= 4 is 11.6 Å². The minimum absolute atomic E-state index is 0.0203. The zero-order valence-corrected chi connectivity index (χ0v) is 12.9. The second kappa shape index (κ2) is 6.78. The molecule has 8 nitrogen and oxygen atoms in total. The van der Waals surface area contributed by atoms with E-state index < -0.39 is 23.2 Å². The standard InChI is InChI=1S/C16H16N2O6/c1-8(9-3-4-11(19)14(7-9)24-2)17-18-16(23)10-5-12(20)15(22)13(21)6-10/h3-7,19-22H,1-2H3,(H,18,23)/b17-8+. The number of methoxy groups -OCH3 is 1. The number of nitrogens with one attached hydrogen (secondary N) is 1. The fourth-order valence-corrected chi connectivity index (χ4v) is 1.90. The van der Waals surface area contributed by atoms with Crippen molar-refractivity contribution in [2.45, 2.75) is 6.92 Å². The molecule has 0 saturated carbocycles. The van der Waals surface area contributed by atoms with Crippen LogP contribution in [0.2, 0.25) is 0 Å². The Labute approximate surface area is 137 Å². The van der Waals surface area contributed by atoms with Crippen LogP contribution in [0.1, 0.15) is 22.8 Å². The van der Waals surface area contributed by atoms with E-state index in [0.29, 0.717) is 11.3 Å². The number of amides is 1. The number of nitrogens with zero attached hydrogens (tertiary/aromatic N) is 1. The largest absolute Gasteiger partial charge is 0.504 e. The summed E-state index contributed by atoms with van der Waals surface area (Å²) in [7, 11) is 1.41. The number of phenolic OH excluding ortho intramolecular Hbond substituents is 4. The molecule has 0 heterocycles. The van der Waals surface area contributed by atoms with Crippen molar-refractivity contribution in [1.82, 2.24) is 5.43 Å². The first-order chi connectivity index (χ1) is 11.3. The van der Waals surface area contributed by atoms with Gasteiger partial charge in [-0.25, -0.2) is 5.43 Å². The van der Waals surface area contributed by atoms with Gasteiger partial charge in [0.1, 0.15) is 0 Å². The van der Waals surface area contributed by atoms with E-state index in [1.165, 1.54) is 13.2 Å². The van der Waals surface area contributed by atoms with E-state index in [1.807, 2.05) is 0 Å². The average molecular weight is 332 g/mol. The lowest BCUT2D eigenvalue weighted by Gasteiger charge is -2.07. The second-order valence-corrected chi connectivity index (χ2v) is 4.89. The summed E-state index contributed by atoms with van der Waals surface area (Å²) in [5.41, 5.74) is 3.24. The van der Waals surface area contributed by atoms with Gasteiger partial charge in [-0.2, -0.15) is 5.10 Å². The molecule has 2 rings (SSSR count). The van der Waals surface area contributed by atoms with Gasteiger partial charge in [0.05, 0.1) is 12.8 Å². The van der Waals surface area contributed by atoms with Crippen molar-refractivity contribution in [2.24, 2.45) is 5.10 Å². The Morgan fingerprint density at radius 2 is 1.62 bits per heavy atom. The first-order valence-corrected chi connectivity index (χ1v) is 6.80. The smallest absolute Gasteiger partial charge is 0.271 e. The number of hydrazone groups is 1. The van der Waals surface area contributed by atoms with Gasteiger partial charge in [-0.3, -0.25) is 4.79 Å². The van der Waals surface area contributed by atoms with Crippen molar-refractivity contribution in [2.75, 3.05) is 7.11 Å². The molecule has 2 aromatic rings. The van der Waals surface area contributed by atoms with Gasteiger partial charge in [-0.1, -0.05) is 0 Å². The lowest BCUT2D eigenvalue weighted by molar-refractivity contribution is 0.0954. The average Bonchev–Trinajstić information content (AvgIpc) is 2.57. The van der Waals surface area contributed by atoms with Gasteiger partial charge in [0, 0.05) is 11.1 Å². The van der Waals surface area contributed by atoms with E-state index in [-0.39, 0.29) is 17.1 Å². The van der Waals surface area contributed by atoms with Crippen LogP contribution >= 0.6 is 0 Å². The SMILES string of the molecule is COc1cc(/C(C)=N/NC(=O)c2cc(O)c(O)c(O)c2)ccc1O. The number of aromatic hydroxyl groups is 4. The first-order valence-electron chi connectivity index (χ1n) is 6.80. The van der Waals surface area contributed by atoms with E-state index in [2.05, 4.69) is 10.5 Å². The van der Waals surface area contributed by atoms with E-state index >= 15 is 0 Å². The van der Waals surface area contributed by atoms with Crippen molar-refractivity contribution < 1.29 is 30.0 Å². The molecule has 0 atom stereocenters. The minimum Gasteiger partial charge on any atom is -0.504 e. The molecular formula is C16H16N2O6. The maximum absolute atomic E-state index is 12.0. The molecule has 126 valence electrons. The fraction of sp³-hybridized carbons (Fsp3) is 0.125. The molecule has 0 fully saturated rings. The number of hydrogen-bond acceptors (Lipinski definition) is 7. The zero-order valence-electron chi connectivity index (χ0n) is 12.9. The van der Waals surface area contributed by atoms with Gasteiger partial charge in [0.15, 0.2) is 28.7 Å². The Hall–Kier alpha value is -3.42. The summed E-state index contributed by atoms with van der Waals surface area (Å²) >= 11 is 0. The Morgan fingerprint density at radius 3 is 2.21 bits per heavy atom. The van der Waals surface area contributed by atoms with E-state index in [9.17, 15) is 25.2 Å². The fourth-order valence-electron chi connectivity index (χ4n) is 1.90. The van der Waals surface area contributed by atoms with Crippen molar-refractivity contribution in [1.29, 1.82) is 0 Å². The third-order valence-corrected chi connectivity index (χ3v) is 3.25. The normalized spacial score (nSPS) is 11.2. The van der Waals surface area contributed by atoms with Crippen LogP contribution in [0.3, 0.4) is 0 Å². The molecule has 0 bridgehead atoms. The van der Waals surface area contributed by atoms with Crippen LogP contribution in [0.15, 0.2) is 35.4 Å². The molecule has 0 unspecified atom stereocenters. The molecular weight excluding hydrogens is 316 g/mol. The molecule has 0 spiro atoms. The third kappa shape index (κ3) is 3.49. The monoisotopic (exact) mass is 332 g/mol. The lowest BCUT2D eigenvalue weighted by atomic mass is 10.1. The predicted molar refractivity (Wildman–Crippen MR) is 85.8 cm³/mol. The maximum atomic E-state index is 12.0. The number of hydrogen-bond donors (Lipinski definition) is 5. The molecule has 5 N–H and O–H groups in total. The van der Waals surface area contributed by atoms with Gasteiger partial charge in [0.25, 0.3) is 5.91 Å². The number of ether oxygens (including phenoxy) is 1. The Bertz CT molecular complexity index is 793. The molecule has 2 aromatic carbocycles. The molecule has 0 aliphatic rings. The molecule has 8 heteroatoms. The van der Waals surface area contributed by atoms with Gasteiger partial charge >= 0.3 is 0 Å². The number of rotatable bonds is 4. The highest BCUT2D eigenvalue weighted by Crippen LogP contribution is 2.35. The van der Waals surface area contributed by atoms with Gasteiger partial charge in [-0.15, -0.1) is 0 Å². The van der Waals surface area contributed by atoms with Crippen LogP contribution in [-0.4, -0.2) is 39.2 Å². The number of carbonyl (C=O) groups is 1. The van der Waals surface area contributed by atoms with Crippen LogP contribution in [0, 0.1) is 0 Å². The number of phenols is 4. The molecule has 0 aromatic heterocycles. The summed E-state index contributed by atoms with van der Waals surface area (Å²) in [6.07, 6.45) is 0. The van der Waals surface area contributed by atoms with E-state index in [4.69, 9.17) is 4.74 Å². The molecule has 1 amide bonds.